The molecule has 0 aliphatic rings. The molecule has 0 bridgehead atoms. The molecule has 0 N–H and O–H groups in total. The normalized spacial score (nSPS) is 12.8. The summed E-state index contributed by atoms with van der Waals surface area (Å²) in [6.07, 6.45) is 0. The van der Waals surface area contributed by atoms with Gasteiger partial charge in [-0.15, -0.1) is 0 Å². The predicted octanol–water partition coefficient (Wildman–Crippen LogP) is 14.5. The summed E-state index contributed by atoms with van der Waals surface area (Å²) in [4.78, 5) is 0. The number of hydrogen-bond acceptors (Lipinski definition) is 2. The van der Waals surface area contributed by atoms with Crippen molar-refractivity contribution < 1.29 is 0 Å². The zero-order valence-corrected chi connectivity index (χ0v) is 36.2. The first-order valence-electron chi connectivity index (χ1n) is 20.5. The SMILES string of the molecule is CC(C)(C)c1ccc2c(c1)c1cc(C(C)(C)C)ccc1n2-c1cc(-c2ccc(C#N)c(-n3c4ccc(C(C)(C)C)cc4c4cc(C(C)(C)C)ccc43)c2)ccc1C#N. The molecule has 0 fully saturated rings. The molecule has 0 amide bonds. The van der Waals surface area contributed by atoms with Crippen LogP contribution in [0.15, 0.2) is 109 Å². The van der Waals surface area contributed by atoms with Crippen LogP contribution < -0.4 is 0 Å². The highest BCUT2D eigenvalue weighted by Crippen LogP contribution is 2.41. The summed E-state index contributed by atoms with van der Waals surface area (Å²) in [5.41, 5.74) is 14.1. The molecule has 290 valence electrons. The van der Waals surface area contributed by atoms with Crippen LogP contribution in [0.2, 0.25) is 0 Å². The first-order valence-corrected chi connectivity index (χ1v) is 20.5. The molecule has 2 aromatic heterocycles. The molecule has 0 saturated heterocycles. The summed E-state index contributed by atoms with van der Waals surface area (Å²) in [5, 5.41) is 25.9. The second-order valence-electron chi connectivity index (χ2n) is 20.3. The van der Waals surface area contributed by atoms with Crippen LogP contribution in [0, 0.1) is 22.7 Å². The van der Waals surface area contributed by atoms with E-state index in [4.69, 9.17) is 0 Å². The summed E-state index contributed by atoms with van der Waals surface area (Å²) in [5.74, 6) is 0. The highest BCUT2D eigenvalue weighted by Gasteiger charge is 2.24. The lowest BCUT2D eigenvalue weighted by atomic mass is 9.85. The van der Waals surface area contributed by atoms with Crippen molar-refractivity contribution in [2.24, 2.45) is 0 Å². The van der Waals surface area contributed by atoms with E-state index in [1.54, 1.807) is 0 Å². The summed E-state index contributed by atoms with van der Waals surface area (Å²) in [6, 6.07) is 44.4. The first-order chi connectivity index (χ1) is 27.2. The number of nitrogens with zero attached hydrogens (tertiary/aromatic N) is 4. The molecule has 0 saturated carbocycles. The van der Waals surface area contributed by atoms with Crippen molar-refractivity contribution in [3.8, 4) is 34.6 Å². The molecule has 0 unspecified atom stereocenters. The van der Waals surface area contributed by atoms with Crippen molar-refractivity contribution in [1.29, 1.82) is 10.5 Å². The Bertz CT molecular complexity index is 2700. The summed E-state index contributed by atoms with van der Waals surface area (Å²) < 4.78 is 4.53. The lowest BCUT2D eigenvalue weighted by molar-refractivity contribution is 0.590. The zero-order valence-electron chi connectivity index (χ0n) is 36.2. The number of nitriles is 2. The van der Waals surface area contributed by atoms with Gasteiger partial charge in [-0.3, -0.25) is 0 Å². The van der Waals surface area contributed by atoms with Crippen molar-refractivity contribution in [2.75, 3.05) is 0 Å². The Morgan fingerprint density at radius 3 is 0.828 bits per heavy atom. The van der Waals surface area contributed by atoms with E-state index in [9.17, 15) is 10.5 Å². The van der Waals surface area contributed by atoms with E-state index in [2.05, 4.69) is 189 Å². The summed E-state index contributed by atoms with van der Waals surface area (Å²) in [7, 11) is 0. The monoisotopic (exact) mass is 758 g/mol. The number of hydrogen-bond donors (Lipinski definition) is 0. The highest BCUT2D eigenvalue weighted by atomic mass is 15.0. The van der Waals surface area contributed by atoms with E-state index in [0.29, 0.717) is 11.1 Å². The van der Waals surface area contributed by atoms with Crippen LogP contribution in [0.25, 0.3) is 66.1 Å². The molecule has 0 spiro atoms. The first kappa shape index (κ1) is 38.8. The summed E-state index contributed by atoms with van der Waals surface area (Å²) in [6.45, 7) is 27.0. The minimum absolute atomic E-state index is 0.0184. The molecule has 4 nitrogen and oxygen atoms in total. The van der Waals surface area contributed by atoms with Gasteiger partial charge in [-0.25, -0.2) is 0 Å². The Kier molecular flexibility index (Phi) is 8.84. The van der Waals surface area contributed by atoms with Gasteiger partial charge in [0, 0.05) is 21.5 Å². The van der Waals surface area contributed by atoms with E-state index in [0.717, 1.165) is 44.6 Å². The smallest absolute Gasteiger partial charge is 0.101 e. The third-order valence-corrected chi connectivity index (χ3v) is 12.0. The lowest BCUT2D eigenvalue weighted by Crippen LogP contribution is -2.10. The third-order valence-electron chi connectivity index (χ3n) is 12.0. The molecule has 8 aromatic rings. The Hall–Kier alpha value is -6.10. The van der Waals surface area contributed by atoms with E-state index >= 15 is 0 Å². The van der Waals surface area contributed by atoms with Gasteiger partial charge in [0.25, 0.3) is 0 Å². The van der Waals surface area contributed by atoms with E-state index in [1.165, 1.54) is 43.8 Å². The molecule has 2 heterocycles. The Morgan fingerprint density at radius 2 is 0.603 bits per heavy atom. The number of benzene rings is 6. The molecule has 58 heavy (non-hydrogen) atoms. The fourth-order valence-electron chi connectivity index (χ4n) is 8.41. The molecule has 8 rings (SSSR count). The molecule has 0 aliphatic heterocycles. The van der Waals surface area contributed by atoms with Gasteiger partial charge in [-0.05, 0) is 128 Å². The maximum atomic E-state index is 10.6. The van der Waals surface area contributed by atoms with Crippen LogP contribution in [0.3, 0.4) is 0 Å². The van der Waals surface area contributed by atoms with Crippen molar-refractivity contribution in [3.63, 3.8) is 0 Å². The molecular formula is C54H54N4. The van der Waals surface area contributed by atoms with Gasteiger partial charge in [0.05, 0.1) is 44.6 Å². The average Bonchev–Trinajstić information content (AvgIpc) is 3.67. The minimum Gasteiger partial charge on any atom is -0.308 e. The molecule has 0 aliphatic carbocycles. The van der Waals surface area contributed by atoms with Crippen molar-refractivity contribution in [3.05, 3.63) is 143 Å². The van der Waals surface area contributed by atoms with Gasteiger partial charge < -0.3 is 9.13 Å². The standard InChI is InChI=1S/C54H54N4/c1-51(2,3)37-17-21-45-41(27-37)42-28-38(52(4,5)6)18-22-46(42)57(45)49-25-33(13-15-35(49)31-55)34-14-16-36(32-56)50(26-34)58-47-23-19-39(53(7,8)9)29-43(47)44-30-40(54(10,11)12)20-24-48(44)58/h13-30H,1-12H3. The van der Waals surface area contributed by atoms with Crippen LogP contribution >= 0.6 is 0 Å². The number of fused-ring (bicyclic) bond motifs is 6. The van der Waals surface area contributed by atoms with E-state index in [-0.39, 0.29) is 21.7 Å². The minimum atomic E-state index is -0.0184. The predicted molar refractivity (Wildman–Crippen MR) is 245 cm³/mol. The maximum absolute atomic E-state index is 10.6. The van der Waals surface area contributed by atoms with Gasteiger partial charge in [-0.2, -0.15) is 10.5 Å². The van der Waals surface area contributed by atoms with Crippen LogP contribution in [-0.2, 0) is 21.7 Å². The summed E-state index contributed by atoms with van der Waals surface area (Å²) >= 11 is 0. The fraction of sp³-hybridized carbons (Fsp3) is 0.296. The number of rotatable bonds is 3. The topological polar surface area (TPSA) is 57.4 Å². The van der Waals surface area contributed by atoms with Gasteiger partial charge in [0.15, 0.2) is 0 Å². The van der Waals surface area contributed by atoms with Crippen LogP contribution in [-0.4, -0.2) is 9.13 Å². The van der Waals surface area contributed by atoms with E-state index < -0.39 is 0 Å². The maximum Gasteiger partial charge on any atom is 0.101 e. The van der Waals surface area contributed by atoms with Gasteiger partial charge >= 0.3 is 0 Å². The second-order valence-corrected chi connectivity index (χ2v) is 20.3. The molecule has 0 radical (unpaired) electrons. The van der Waals surface area contributed by atoms with Crippen molar-refractivity contribution in [2.45, 2.75) is 105 Å². The van der Waals surface area contributed by atoms with Crippen molar-refractivity contribution in [1.82, 2.24) is 9.13 Å². The zero-order chi connectivity index (χ0) is 41.7. The quantitative estimate of drug-likeness (QED) is 0.180. The van der Waals surface area contributed by atoms with Gasteiger partial charge in [-0.1, -0.05) is 119 Å². The Morgan fingerprint density at radius 1 is 0.345 bits per heavy atom. The van der Waals surface area contributed by atoms with Crippen LogP contribution in [0.1, 0.15) is 116 Å². The van der Waals surface area contributed by atoms with Crippen LogP contribution in [0.4, 0.5) is 0 Å². The molecule has 4 heteroatoms. The third kappa shape index (κ3) is 6.46. The van der Waals surface area contributed by atoms with E-state index in [1.807, 2.05) is 24.3 Å². The Labute approximate surface area is 344 Å². The molecular weight excluding hydrogens is 705 g/mol. The van der Waals surface area contributed by atoms with Crippen LogP contribution in [0.5, 0.6) is 0 Å². The lowest BCUT2D eigenvalue weighted by Gasteiger charge is -2.19. The second kappa shape index (κ2) is 13.2. The average molecular weight is 759 g/mol. The van der Waals surface area contributed by atoms with Gasteiger partial charge in [0.2, 0.25) is 0 Å². The molecule has 6 aromatic carbocycles. The van der Waals surface area contributed by atoms with Crippen molar-refractivity contribution >= 4 is 43.6 Å². The number of aromatic nitrogens is 2. The fourth-order valence-corrected chi connectivity index (χ4v) is 8.41. The van der Waals surface area contributed by atoms with Gasteiger partial charge in [0.1, 0.15) is 12.1 Å². The molecule has 0 atom stereocenters. The largest absolute Gasteiger partial charge is 0.308 e. The highest BCUT2D eigenvalue weighted by molar-refractivity contribution is 6.11. The Balaban J connectivity index is 1.38.